The number of benzene rings is 3. The van der Waals surface area contributed by atoms with E-state index in [2.05, 4.69) is 4.98 Å². The molecule has 1 aromatic heterocycles. The summed E-state index contributed by atoms with van der Waals surface area (Å²) < 4.78 is 5.44. The van der Waals surface area contributed by atoms with Crippen LogP contribution in [-0.2, 0) is 5.60 Å². The van der Waals surface area contributed by atoms with Crippen LogP contribution in [-0.4, -0.2) is 10.1 Å². The number of hydrogen-bond acceptors (Lipinski definition) is 4. The van der Waals surface area contributed by atoms with Crippen molar-refractivity contribution in [2.45, 2.75) is 5.60 Å². The Kier molecular flexibility index (Phi) is 4.07. The first kappa shape index (κ1) is 16.5. The zero-order valence-corrected chi connectivity index (χ0v) is 14.4. The van der Waals surface area contributed by atoms with Crippen LogP contribution in [0.5, 0.6) is 0 Å². The highest BCUT2D eigenvalue weighted by Crippen LogP contribution is 2.35. The summed E-state index contributed by atoms with van der Waals surface area (Å²) in [7, 11) is 0. The van der Waals surface area contributed by atoms with E-state index < -0.39 is 11.2 Å². The van der Waals surface area contributed by atoms with E-state index in [9.17, 15) is 9.90 Å². The van der Waals surface area contributed by atoms with Gasteiger partial charge in [0.05, 0.1) is 10.9 Å². The Morgan fingerprint density at radius 1 is 0.885 bits per heavy atom. The van der Waals surface area contributed by atoms with Crippen LogP contribution in [0.2, 0.25) is 5.02 Å². The molecule has 0 bridgehead atoms. The highest BCUT2D eigenvalue weighted by atomic mass is 35.5. The smallest absolute Gasteiger partial charge is 0.346 e. The molecule has 0 aliphatic carbocycles. The van der Waals surface area contributed by atoms with Crippen LogP contribution in [0.4, 0.5) is 0 Å². The maximum atomic E-state index is 12.5. The van der Waals surface area contributed by atoms with Crippen LogP contribution in [0.3, 0.4) is 0 Å². The predicted molar refractivity (Wildman–Crippen MR) is 100 cm³/mol. The molecule has 4 nitrogen and oxygen atoms in total. The molecule has 0 saturated carbocycles. The van der Waals surface area contributed by atoms with E-state index >= 15 is 0 Å². The topological polar surface area (TPSA) is 63.3 Å². The van der Waals surface area contributed by atoms with Gasteiger partial charge in [0.25, 0.3) is 0 Å². The van der Waals surface area contributed by atoms with Gasteiger partial charge in [-0.05, 0) is 29.3 Å². The summed E-state index contributed by atoms with van der Waals surface area (Å²) in [5.41, 5.74) is -0.828. The molecule has 3 aromatic carbocycles. The minimum absolute atomic E-state index is 0.102. The minimum Gasteiger partial charge on any atom is -0.404 e. The van der Waals surface area contributed by atoms with Crippen molar-refractivity contribution in [3.63, 3.8) is 0 Å². The summed E-state index contributed by atoms with van der Waals surface area (Å²) in [6, 6.07) is 22.7. The summed E-state index contributed by atoms with van der Waals surface area (Å²) in [4.78, 5) is 16.9. The Morgan fingerprint density at radius 3 is 2.04 bits per heavy atom. The van der Waals surface area contributed by atoms with Gasteiger partial charge in [-0.1, -0.05) is 72.3 Å². The van der Waals surface area contributed by atoms with Gasteiger partial charge in [0, 0.05) is 5.02 Å². The molecule has 1 N–H and O–H groups in total. The Labute approximate surface area is 154 Å². The lowest BCUT2D eigenvalue weighted by Crippen LogP contribution is -2.31. The molecule has 5 heteroatoms. The monoisotopic (exact) mass is 363 g/mol. The van der Waals surface area contributed by atoms with Gasteiger partial charge in [-0.25, -0.2) is 9.78 Å². The van der Waals surface area contributed by atoms with Crippen LogP contribution in [0.15, 0.2) is 88.1 Å². The van der Waals surface area contributed by atoms with Crippen LogP contribution in [0, 0.1) is 0 Å². The zero-order valence-electron chi connectivity index (χ0n) is 13.6. The molecule has 0 spiro atoms. The molecule has 0 aliphatic heterocycles. The van der Waals surface area contributed by atoms with Gasteiger partial charge < -0.3 is 9.52 Å². The summed E-state index contributed by atoms with van der Waals surface area (Å²) in [6.45, 7) is 0. The van der Waals surface area contributed by atoms with Crippen molar-refractivity contribution in [3.8, 4) is 0 Å². The average molecular weight is 364 g/mol. The van der Waals surface area contributed by atoms with E-state index in [1.54, 1.807) is 66.7 Å². The maximum absolute atomic E-state index is 12.5. The van der Waals surface area contributed by atoms with Crippen molar-refractivity contribution in [2.24, 2.45) is 0 Å². The van der Waals surface area contributed by atoms with E-state index in [4.69, 9.17) is 16.0 Å². The van der Waals surface area contributed by atoms with Crippen LogP contribution in [0.25, 0.3) is 10.9 Å². The van der Waals surface area contributed by atoms with Crippen molar-refractivity contribution < 1.29 is 9.52 Å². The molecule has 4 aromatic rings. The number of fused-ring (bicyclic) bond motifs is 1. The SMILES string of the molecule is O=c1oc(C(O)(c2ccccc2)c2ccccc2)nc2cc(Cl)ccc12. The van der Waals surface area contributed by atoms with Crippen molar-refractivity contribution in [2.75, 3.05) is 0 Å². The maximum Gasteiger partial charge on any atom is 0.346 e. The van der Waals surface area contributed by atoms with Crippen molar-refractivity contribution in [3.05, 3.63) is 111 Å². The van der Waals surface area contributed by atoms with E-state index in [-0.39, 0.29) is 5.89 Å². The molecule has 0 fully saturated rings. The number of rotatable bonds is 3. The number of aliphatic hydroxyl groups is 1. The lowest BCUT2D eigenvalue weighted by atomic mass is 9.86. The summed E-state index contributed by atoms with van der Waals surface area (Å²) >= 11 is 6.04. The molecule has 0 radical (unpaired) electrons. The van der Waals surface area contributed by atoms with E-state index in [0.29, 0.717) is 27.1 Å². The molecule has 0 amide bonds. The zero-order chi connectivity index (χ0) is 18.1. The molecular weight excluding hydrogens is 350 g/mol. The third kappa shape index (κ3) is 2.69. The lowest BCUT2D eigenvalue weighted by Gasteiger charge is -2.27. The van der Waals surface area contributed by atoms with Gasteiger partial charge >= 0.3 is 5.63 Å². The van der Waals surface area contributed by atoms with Crippen LogP contribution in [0.1, 0.15) is 17.0 Å². The van der Waals surface area contributed by atoms with E-state index in [1.807, 2.05) is 12.1 Å². The van der Waals surface area contributed by atoms with Gasteiger partial charge in [-0.3, -0.25) is 0 Å². The Bertz CT molecular complexity index is 1080. The van der Waals surface area contributed by atoms with Gasteiger partial charge in [-0.2, -0.15) is 0 Å². The molecule has 128 valence electrons. The Hall–Kier alpha value is -2.95. The second-order valence-electron chi connectivity index (χ2n) is 5.91. The number of aromatic nitrogens is 1. The molecule has 0 unspecified atom stereocenters. The predicted octanol–water partition coefficient (Wildman–Crippen LogP) is 4.13. The van der Waals surface area contributed by atoms with Gasteiger partial charge in [0.2, 0.25) is 5.89 Å². The summed E-state index contributed by atoms with van der Waals surface area (Å²) in [5, 5.41) is 12.4. The molecule has 4 rings (SSSR count). The molecule has 26 heavy (non-hydrogen) atoms. The van der Waals surface area contributed by atoms with Gasteiger partial charge in [-0.15, -0.1) is 0 Å². The normalized spacial score (nSPS) is 11.6. The Balaban J connectivity index is 2.05. The molecule has 1 heterocycles. The fourth-order valence-electron chi connectivity index (χ4n) is 2.97. The van der Waals surface area contributed by atoms with Crippen molar-refractivity contribution in [1.29, 1.82) is 0 Å². The van der Waals surface area contributed by atoms with Gasteiger partial charge in [0.1, 0.15) is 0 Å². The van der Waals surface area contributed by atoms with Crippen molar-refractivity contribution in [1.82, 2.24) is 4.98 Å². The first-order chi connectivity index (χ1) is 12.6. The second-order valence-corrected chi connectivity index (χ2v) is 6.35. The summed E-state index contributed by atoms with van der Waals surface area (Å²) in [6.07, 6.45) is 0. The third-order valence-electron chi connectivity index (χ3n) is 4.28. The summed E-state index contributed by atoms with van der Waals surface area (Å²) in [5.74, 6) is -0.102. The fraction of sp³-hybridized carbons (Fsp3) is 0.0476. The van der Waals surface area contributed by atoms with E-state index in [0.717, 1.165) is 0 Å². The first-order valence-electron chi connectivity index (χ1n) is 8.03. The first-order valence-corrected chi connectivity index (χ1v) is 8.41. The van der Waals surface area contributed by atoms with Gasteiger partial charge in [0.15, 0.2) is 5.60 Å². The van der Waals surface area contributed by atoms with Crippen molar-refractivity contribution >= 4 is 22.5 Å². The number of hydrogen-bond donors (Lipinski definition) is 1. The second kappa shape index (κ2) is 6.41. The lowest BCUT2D eigenvalue weighted by molar-refractivity contribution is 0.0882. The van der Waals surface area contributed by atoms with Crippen LogP contribution >= 0.6 is 11.6 Å². The molecule has 0 saturated heterocycles. The minimum atomic E-state index is -1.71. The molecule has 0 aliphatic rings. The fourth-order valence-corrected chi connectivity index (χ4v) is 3.14. The largest absolute Gasteiger partial charge is 0.404 e. The molecular formula is C21H14ClNO3. The molecule has 0 atom stereocenters. The standard InChI is InChI=1S/C21H14ClNO3/c22-16-11-12-17-18(13-16)23-20(26-19(17)24)21(25,14-7-3-1-4-8-14)15-9-5-2-6-10-15/h1-13,25H. The third-order valence-corrected chi connectivity index (χ3v) is 4.52. The highest BCUT2D eigenvalue weighted by Gasteiger charge is 2.38. The number of halogens is 1. The highest BCUT2D eigenvalue weighted by molar-refractivity contribution is 6.31. The average Bonchev–Trinajstić information content (AvgIpc) is 2.68. The van der Waals surface area contributed by atoms with E-state index in [1.165, 1.54) is 0 Å². The quantitative estimate of drug-likeness (QED) is 0.594. The number of nitrogens with zero attached hydrogens (tertiary/aromatic N) is 1. The Morgan fingerprint density at radius 2 is 1.46 bits per heavy atom. The van der Waals surface area contributed by atoms with Crippen LogP contribution < -0.4 is 5.63 Å².